The Kier molecular flexibility index (Phi) is 6.26. The molecule has 114 valence electrons. The molecule has 0 aliphatic rings. The highest BCUT2D eigenvalue weighted by atomic mass is 35.5. The van der Waals surface area contributed by atoms with Crippen LogP contribution in [0.2, 0.25) is 0 Å². The van der Waals surface area contributed by atoms with Gasteiger partial charge in [-0.15, -0.1) is 11.6 Å². The van der Waals surface area contributed by atoms with Crippen molar-refractivity contribution in [3.05, 3.63) is 23.8 Å². The van der Waals surface area contributed by atoms with Crippen LogP contribution in [0.5, 0.6) is 5.75 Å². The van der Waals surface area contributed by atoms with Gasteiger partial charge in [0.25, 0.3) is 0 Å². The number of methoxy groups -OCH3 is 2. The summed E-state index contributed by atoms with van der Waals surface area (Å²) in [4.78, 5) is 0.124. The minimum atomic E-state index is -3.64. The summed E-state index contributed by atoms with van der Waals surface area (Å²) in [6.45, 7) is 2.10. The molecule has 5 nitrogen and oxygen atoms in total. The van der Waals surface area contributed by atoms with Crippen LogP contribution >= 0.6 is 11.6 Å². The smallest absolute Gasteiger partial charge is 0.246 e. The zero-order valence-corrected chi connectivity index (χ0v) is 13.7. The Labute approximate surface area is 125 Å². The summed E-state index contributed by atoms with van der Waals surface area (Å²) in [5.41, 5.74) is 0.801. The van der Waals surface area contributed by atoms with Gasteiger partial charge in [-0.25, -0.2) is 8.42 Å². The largest absolute Gasteiger partial charge is 0.495 e. The molecule has 0 saturated carbocycles. The second kappa shape index (κ2) is 7.26. The second-order valence-electron chi connectivity index (χ2n) is 4.44. The van der Waals surface area contributed by atoms with Crippen molar-refractivity contribution < 1.29 is 17.9 Å². The fourth-order valence-corrected chi connectivity index (χ4v) is 3.39. The van der Waals surface area contributed by atoms with Crippen molar-refractivity contribution >= 4 is 21.6 Å². The standard InChI is InChI=1S/C13H20ClNO4S/c1-10(9-18-3)15(2)20(16,17)13-6-5-11(8-14)7-12(13)19-4/h5-7,10H,8-9H2,1-4H3. The van der Waals surface area contributed by atoms with Crippen LogP contribution in [-0.2, 0) is 20.6 Å². The van der Waals surface area contributed by atoms with Crippen LogP contribution in [0.15, 0.2) is 23.1 Å². The van der Waals surface area contributed by atoms with Crippen molar-refractivity contribution in [3.63, 3.8) is 0 Å². The van der Waals surface area contributed by atoms with Crippen LogP contribution in [0.25, 0.3) is 0 Å². The Morgan fingerprint density at radius 1 is 1.35 bits per heavy atom. The second-order valence-corrected chi connectivity index (χ2v) is 6.68. The number of likely N-dealkylation sites (N-methyl/N-ethyl adjacent to an activating group) is 1. The highest BCUT2D eigenvalue weighted by Crippen LogP contribution is 2.28. The number of halogens is 1. The van der Waals surface area contributed by atoms with E-state index in [1.807, 2.05) is 0 Å². The number of alkyl halides is 1. The molecule has 0 saturated heterocycles. The van der Waals surface area contributed by atoms with Crippen molar-refractivity contribution in [2.75, 3.05) is 27.9 Å². The first-order chi connectivity index (χ1) is 9.38. The van der Waals surface area contributed by atoms with Gasteiger partial charge in [0.1, 0.15) is 10.6 Å². The Balaban J connectivity index is 3.21. The molecule has 1 unspecified atom stereocenters. The molecule has 0 aromatic heterocycles. The summed E-state index contributed by atoms with van der Waals surface area (Å²) in [5, 5.41) is 0. The van der Waals surface area contributed by atoms with E-state index in [0.29, 0.717) is 18.2 Å². The molecule has 7 heteroatoms. The maximum absolute atomic E-state index is 12.6. The van der Waals surface area contributed by atoms with Crippen molar-refractivity contribution in [2.24, 2.45) is 0 Å². The van der Waals surface area contributed by atoms with Crippen LogP contribution in [0.3, 0.4) is 0 Å². The molecule has 20 heavy (non-hydrogen) atoms. The molecule has 0 amide bonds. The third-order valence-electron chi connectivity index (χ3n) is 3.07. The molecule has 0 radical (unpaired) electrons. The van der Waals surface area contributed by atoms with E-state index in [9.17, 15) is 8.42 Å². The van der Waals surface area contributed by atoms with Gasteiger partial charge in [-0.2, -0.15) is 4.31 Å². The number of rotatable bonds is 7. The summed E-state index contributed by atoms with van der Waals surface area (Å²) < 4.78 is 36.6. The molecule has 1 aromatic rings. The normalized spacial score (nSPS) is 13.5. The van der Waals surface area contributed by atoms with Gasteiger partial charge < -0.3 is 9.47 Å². The quantitative estimate of drug-likeness (QED) is 0.722. The van der Waals surface area contributed by atoms with E-state index in [1.165, 1.54) is 31.6 Å². The molecular formula is C13H20ClNO4S. The highest BCUT2D eigenvalue weighted by molar-refractivity contribution is 7.89. The lowest BCUT2D eigenvalue weighted by atomic mass is 10.2. The summed E-state index contributed by atoms with van der Waals surface area (Å²) in [6.07, 6.45) is 0. The van der Waals surface area contributed by atoms with E-state index in [1.54, 1.807) is 19.1 Å². The predicted molar refractivity (Wildman–Crippen MR) is 78.8 cm³/mol. The molecule has 0 spiro atoms. The number of benzene rings is 1. The molecule has 0 fully saturated rings. The molecule has 1 atom stereocenters. The topological polar surface area (TPSA) is 55.8 Å². The van der Waals surface area contributed by atoms with Crippen molar-refractivity contribution in [2.45, 2.75) is 23.7 Å². The maximum atomic E-state index is 12.6. The Morgan fingerprint density at radius 2 is 2.00 bits per heavy atom. The molecule has 0 aliphatic carbocycles. The first kappa shape index (κ1) is 17.2. The molecule has 1 aromatic carbocycles. The molecular weight excluding hydrogens is 302 g/mol. The summed E-state index contributed by atoms with van der Waals surface area (Å²) in [6, 6.07) is 4.55. The first-order valence-electron chi connectivity index (χ1n) is 6.08. The number of sulfonamides is 1. The van der Waals surface area contributed by atoms with E-state index < -0.39 is 10.0 Å². The number of nitrogens with zero attached hydrogens (tertiary/aromatic N) is 1. The minimum Gasteiger partial charge on any atom is -0.495 e. The highest BCUT2D eigenvalue weighted by Gasteiger charge is 2.28. The van der Waals surface area contributed by atoms with Crippen LogP contribution in [0.1, 0.15) is 12.5 Å². The lowest BCUT2D eigenvalue weighted by Gasteiger charge is -2.24. The van der Waals surface area contributed by atoms with Gasteiger partial charge >= 0.3 is 0 Å². The molecule has 0 bridgehead atoms. The summed E-state index contributed by atoms with van der Waals surface area (Å²) in [5.74, 6) is 0.590. The van der Waals surface area contributed by atoms with Crippen LogP contribution in [0, 0.1) is 0 Å². The summed E-state index contributed by atoms with van der Waals surface area (Å²) in [7, 11) is 0.849. The van der Waals surface area contributed by atoms with Gasteiger partial charge in [-0.05, 0) is 24.6 Å². The van der Waals surface area contributed by atoms with Crippen molar-refractivity contribution in [1.82, 2.24) is 4.31 Å². The number of hydrogen-bond donors (Lipinski definition) is 0. The monoisotopic (exact) mass is 321 g/mol. The third-order valence-corrected chi connectivity index (χ3v) is 5.39. The maximum Gasteiger partial charge on any atom is 0.246 e. The lowest BCUT2D eigenvalue weighted by molar-refractivity contribution is 0.149. The lowest BCUT2D eigenvalue weighted by Crippen LogP contribution is -2.37. The predicted octanol–water partition coefficient (Wildman–Crippen LogP) is 2.09. The van der Waals surface area contributed by atoms with Crippen LogP contribution in [-0.4, -0.2) is 46.6 Å². The Morgan fingerprint density at radius 3 is 2.50 bits per heavy atom. The number of ether oxygens (including phenoxy) is 2. The van der Waals surface area contributed by atoms with Gasteiger partial charge in [-0.3, -0.25) is 0 Å². The Hall–Kier alpha value is -0.820. The minimum absolute atomic E-state index is 0.124. The average Bonchev–Trinajstić information content (AvgIpc) is 2.45. The third kappa shape index (κ3) is 3.63. The van der Waals surface area contributed by atoms with Crippen molar-refractivity contribution in [1.29, 1.82) is 0 Å². The van der Waals surface area contributed by atoms with E-state index in [4.69, 9.17) is 21.1 Å². The zero-order valence-electron chi connectivity index (χ0n) is 12.1. The van der Waals surface area contributed by atoms with Crippen molar-refractivity contribution in [3.8, 4) is 5.75 Å². The SMILES string of the molecule is COCC(C)N(C)S(=O)(=O)c1ccc(CCl)cc1OC. The van der Waals surface area contributed by atoms with Gasteiger partial charge in [-0.1, -0.05) is 6.07 Å². The fraction of sp³-hybridized carbons (Fsp3) is 0.538. The summed E-state index contributed by atoms with van der Waals surface area (Å²) >= 11 is 5.74. The van der Waals surface area contributed by atoms with E-state index >= 15 is 0 Å². The van der Waals surface area contributed by atoms with Gasteiger partial charge in [0.05, 0.1) is 13.7 Å². The fourth-order valence-electron chi connectivity index (χ4n) is 1.75. The molecule has 0 N–H and O–H groups in total. The van der Waals surface area contributed by atoms with E-state index in [-0.39, 0.29) is 10.9 Å². The van der Waals surface area contributed by atoms with E-state index in [0.717, 1.165) is 5.56 Å². The molecule has 0 heterocycles. The van der Waals surface area contributed by atoms with E-state index in [2.05, 4.69) is 0 Å². The first-order valence-corrected chi connectivity index (χ1v) is 8.05. The van der Waals surface area contributed by atoms with Crippen LogP contribution in [0.4, 0.5) is 0 Å². The van der Waals surface area contributed by atoms with Gasteiger partial charge in [0.15, 0.2) is 0 Å². The average molecular weight is 322 g/mol. The molecule has 1 rings (SSSR count). The van der Waals surface area contributed by atoms with Gasteiger partial charge in [0, 0.05) is 26.1 Å². The van der Waals surface area contributed by atoms with Crippen LogP contribution < -0.4 is 4.74 Å². The Bertz CT molecular complexity index is 547. The number of hydrogen-bond acceptors (Lipinski definition) is 4. The zero-order chi connectivity index (χ0) is 15.3. The van der Waals surface area contributed by atoms with Gasteiger partial charge in [0.2, 0.25) is 10.0 Å². The molecule has 0 aliphatic heterocycles.